The number of carbonyl (C=O) groups is 3. The number of esters is 2. The second kappa shape index (κ2) is 7.85. The van der Waals surface area contributed by atoms with E-state index in [9.17, 15) is 34.8 Å². The van der Waals surface area contributed by atoms with Crippen LogP contribution in [0.5, 0.6) is 0 Å². The number of Topliss-reactive ketones (excluding diaryl/α,β-unsaturated/α-hetero) is 1. The molecule has 2 bridgehead atoms. The molecule has 11 nitrogen and oxygen atoms in total. The molecule has 7 rings (SSSR count). The van der Waals surface area contributed by atoms with Crippen LogP contribution in [-0.2, 0) is 33.3 Å². The van der Waals surface area contributed by atoms with Gasteiger partial charge in [0, 0.05) is 11.8 Å². The molecule has 40 heavy (non-hydrogen) atoms. The number of carbonyl (C=O) groups excluding carboxylic acids is 3. The van der Waals surface area contributed by atoms with Gasteiger partial charge in [-0.05, 0) is 63.2 Å². The molecule has 0 unspecified atom stereocenters. The first-order valence-electron chi connectivity index (χ1n) is 14.7. The molecule has 4 N–H and O–H groups in total. The lowest BCUT2D eigenvalue weighted by Gasteiger charge is -2.45. The molecule has 2 aliphatic carbocycles. The minimum Gasteiger partial charge on any atom is -0.459 e. The van der Waals surface area contributed by atoms with Crippen molar-refractivity contribution in [3.63, 3.8) is 0 Å². The average molecular weight is 565 g/mol. The molecule has 7 fully saturated rings. The predicted molar refractivity (Wildman–Crippen MR) is 133 cm³/mol. The first-order chi connectivity index (χ1) is 18.6. The van der Waals surface area contributed by atoms with Gasteiger partial charge in [0.2, 0.25) is 5.79 Å². The number of rotatable bonds is 3. The van der Waals surface area contributed by atoms with E-state index in [1.165, 1.54) is 0 Å². The molecular formula is C29H40O11. The van der Waals surface area contributed by atoms with Crippen molar-refractivity contribution in [3.8, 4) is 0 Å². The number of aliphatic hydroxyl groups is 4. The molecule has 7 aliphatic rings. The van der Waals surface area contributed by atoms with E-state index in [1.807, 2.05) is 27.7 Å². The van der Waals surface area contributed by atoms with Crippen molar-refractivity contribution >= 4 is 17.7 Å². The number of cyclic esters (lactones) is 1. The van der Waals surface area contributed by atoms with Gasteiger partial charge in [0.15, 0.2) is 17.5 Å². The van der Waals surface area contributed by atoms with E-state index in [1.54, 1.807) is 6.92 Å². The molecule has 0 aromatic carbocycles. The summed E-state index contributed by atoms with van der Waals surface area (Å²) in [4.78, 5) is 38.7. The average Bonchev–Trinajstić information content (AvgIpc) is 3.08. The highest BCUT2D eigenvalue weighted by atomic mass is 16.7. The van der Waals surface area contributed by atoms with Crippen LogP contribution in [0.1, 0.15) is 66.7 Å². The minimum absolute atomic E-state index is 0.212. The SMILES string of the molecule is C[C@H]([C@H](O)[C@@H]1C[C@@H](C)C(=O)O1)[C@@H]1[C@H]2[C@]1(C)CC[C@@]13O[C@]2(O)C(=O)[C@@H]1CC[C@H]1C(C)(C)O[C@@H]2[C@@H](O)C(=O)O[C@@]21[C@H]3O. The standard InChI is InChI=1S/C29H40O11/c1-11-10-14(37-22(11)33)17(30)12(2)16-19-26(16,5)8-9-27-13(20(32)29(19,36)40-27)6-7-15-25(3,4)38-21-18(31)23(34)39-28(15,21)24(27)35/h11-19,21,24,30-31,35-36H,6-10H2,1-5H3/t11-,12+,13+,14+,15+,16-,17+,18-,19+,21-,24+,26-,27-,28-,29+/m1/s1. The van der Waals surface area contributed by atoms with Crippen LogP contribution in [0, 0.1) is 40.9 Å². The Morgan fingerprint density at radius 2 is 1.73 bits per heavy atom. The second-order valence-electron chi connectivity index (χ2n) is 14.5. The quantitative estimate of drug-likeness (QED) is 0.346. The first kappa shape index (κ1) is 27.2. The van der Waals surface area contributed by atoms with Gasteiger partial charge in [0.05, 0.1) is 23.5 Å². The third kappa shape index (κ3) is 2.94. The van der Waals surface area contributed by atoms with Crippen molar-refractivity contribution in [1.82, 2.24) is 0 Å². The molecule has 15 atom stereocenters. The van der Waals surface area contributed by atoms with Crippen LogP contribution in [0.25, 0.3) is 0 Å². The van der Waals surface area contributed by atoms with Crippen molar-refractivity contribution < 1.29 is 53.8 Å². The zero-order valence-corrected chi connectivity index (χ0v) is 23.5. The number of ketones is 1. The Hall–Kier alpha value is -1.63. The maximum Gasteiger partial charge on any atom is 0.338 e. The van der Waals surface area contributed by atoms with Crippen LogP contribution < -0.4 is 0 Å². The first-order valence-corrected chi connectivity index (χ1v) is 14.7. The lowest BCUT2D eigenvalue weighted by atomic mass is 9.67. The van der Waals surface area contributed by atoms with E-state index < -0.39 is 93.9 Å². The molecule has 5 saturated heterocycles. The summed E-state index contributed by atoms with van der Waals surface area (Å²) in [6.45, 7) is 9.22. The molecule has 5 aliphatic heterocycles. The number of aliphatic hydroxyl groups excluding tert-OH is 3. The third-order valence-electron chi connectivity index (χ3n) is 12.2. The fraction of sp³-hybridized carbons (Fsp3) is 0.897. The lowest BCUT2D eigenvalue weighted by Crippen LogP contribution is -2.64. The molecule has 0 aromatic heterocycles. The summed E-state index contributed by atoms with van der Waals surface area (Å²) in [5, 5.41) is 46.2. The number of ether oxygens (including phenoxy) is 4. The highest BCUT2D eigenvalue weighted by molar-refractivity contribution is 5.92. The van der Waals surface area contributed by atoms with Crippen molar-refractivity contribution in [3.05, 3.63) is 0 Å². The molecule has 2 spiro atoms. The van der Waals surface area contributed by atoms with Crippen LogP contribution in [-0.4, -0.2) is 91.3 Å². The van der Waals surface area contributed by atoms with Gasteiger partial charge in [-0.2, -0.15) is 0 Å². The number of hydrogen-bond acceptors (Lipinski definition) is 11. The van der Waals surface area contributed by atoms with Gasteiger partial charge < -0.3 is 39.4 Å². The monoisotopic (exact) mass is 564 g/mol. The summed E-state index contributed by atoms with van der Waals surface area (Å²) < 4.78 is 23.9. The Kier molecular flexibility index (Phi) is 5.34. The van der Waals surface area contributed by atoms with Crippen LogP contribution in [0.15, 0.2) is 0 Å². The summed E-state index contributed by atoms with van der Waals surface area (Å²) in [5.74, 6) is -6.90. The Morgan fingerprint density at radius 3 is 2.38 bits per heavy atom. The van der Waals surface area contributed by atoms with Crippen molar-refractivity contribution in [1.29, 1.82) is 0 Å². The zero-order chi connectivity index (χ0) is 28.9. The summed E-state index contributed by atoms with van der Waals surface area (Å²) in [6, 6.07) is 0. The summed E-state index contributed by atoms with van der Waals surface area (Å²) >= 11 is 0. The van der Waals surface area contributed by atoms with E-state index in [4.69, 9.17) is 18.9 Å². The van der Waals surface area contributed by atoms with E-state index in [-0.39, 0.29) is 24.2 Å². The van der Waals surface area contributed by atoms with Crippen molar-refractivity contribution in [2.24, 2.45) is 40.9 Å². The molecule has 0 radical (unpaired) electrons. The van der Waals surface area contributed by atoms with Gasteiger partial charge >= 0.3 is 11.9 Å². The predicted octanol–water partition coefficient (Wildman–Crippen LogP) is 0.229. The Balaban J connectivity index is 1.24. The van der Waals surface area contributed by atoms with Crippen LogP contribution in [0.4, 0.5) is 0 Å². The molecule has 11 heteroatoms. The third-order valence-corrected chi connectivity index (χ3v) is 12.2. The van der Waals surface area contributed by atoms with Gasteiger partial charge in [-0.15, -0.1) is 0 Å². The van der Waals surface area contributed by atoms with Gasteiger partial charge in [0.25, 0.3) is 0 Å². The maximum absolute atomic E-state index is 14.1. The molecule has 2 saturated carbocycles. The highest BCUT2D eigenvalue weighted by Gasteiger charge is 2.85. The molecular weight excluding hydrogens is 524 g/mol. The zero-order valence-electron chi connectivity index (χ0n) is 23.5. The Bertz CT molecular complexity index is 1190. The van der Waals surface area contributed by atoms with Crippen molar-refractivity contribution in [2.45, 2.75) is 120 Å². The van der Waals surface area contributed by atoms with Gasteiger partial charge in [0.1, 0.15) is 23.9 Å². The summed E-state index contributed by atoms with van der Waals surface area (Å²) in [6.07, 6.45) is -4.10. The van der Waals surface area contributed by atoms with Crippen LogP contribution in [0.2, 0.25) is 0 Å². The lowest BCUT2D eigenvalue weighted by molar-refractivity contribution is -0.277. The Morgan fingerprint density at radius 1 is 1.02 bits per heavy atom. The van der Waals surface area contributed by atoms with Crippen LogP contribution >= 0.6 is 0 Å². The smallest absolute Gasteiger partial charge is 0.338 e. The van der Waals surface area contributed by atoms with Crippen LogP contribution in [0.3, 0.4) is 0 Å². The van der Waals surface area contributed by atoms with Crippen molar-refractivity contribution in [2.75, 3.05) is 0 Å². The van der Waals surface area contributed by atoms with E-state index in [0.717, 1.165) is 0 Å². The number of fused-ring (bicyclic) bond motifs is 3. The second-order valence-corrected chi connectivity index (χ2v) is 14.5. The summed E-state index contributed by atoms with van der Waals surface area (Å²) in [7, 11) is 0. The molecule has 5 heterocycles. The van der Waals surface area contributed by atoms with E-state index in [2.05, 4.69) is 0 Å². The number of hydrogen-bond donors (Lipinski definition) is 4. The fourth-order valence-corrected chi connectivity index (χ4v) is 10.3. The van der Waals surface area contributed by atoms with E-state index >= 15 is 0 Å². The molecule has 222 valence electrons. The topological polar surface area (TPSA) is 169 Å². The van der Waals surface area contributed by atoms with Gasteiger partial charge in [-0.3, -0.25) is 9.59 Å². The fourth-order valence-electron chi connectivity index (χ4n) is 10.3. The Labute approximate surface area is 232 Å². The van der Waals surface area contributed by atoms with Gasteiger partial charge in [-0.25, -0.2) is 4.79 Å². The highest BCUT2D eigenvalue weighted by Crippen LogP contribution is 2.75. The summed E-state index contributed by atoms with van der Waals surface area (Å²) in [5.41, 5.74) is -4.60. The molecule has 0 amide bonds. The molecule has 0 aromatic rings. The normalized spacial score (nSPS) is 57.1. The van der Waals surface area contributed by atoms with Gasteiger partial charge in [-0.1, -0.05) is 20.8 Å². The largest absolute Gasteiger partial charge is 0.459 e. The van der Waals surface area contributed by atoms with E-state index in [0.29, 0.717) is 25.7 Å². The maximum atomic E-state index is 14.1. The minimum atomic E-state index is -2.20.